The van der Waals surface area contributed by atoms with Crippen molar-refractivity contribution >= 4 is 29.5 Å². The largest absolute Gasteiger partial charge is 0.493 e. The number of hydrogen-bond donors (Lipinski definition) is 1. The van der Waals surface area contributed by atoms with Gasteiger partial charge in [-0.2, -0.15) is 0 Å². The number of thioether (sulfide) groups is 2. The average Bonchev–Trinajstić information content (AvgIpc) is 2.65. The van der Waals surface area contributed by atoms with E-state index in [-0.39, 0.29) is 10.5 Å². The van der Waals surface area contributed by atoms with E-state index in [0.29, 0.717) is 18.0 Å². The third-order valence-corrected chi connectivity index (χ3v) is 7.26. The van der Waals surface area contributed by atoms with Gasteiger partial charge in [0.25, 0.3) is 0 Å². The molecule has 3 rings (SSSR count). The number of nitrogens with zero attached hydrogens (tertiary/aromatic N) is 2. The van der Waals surface area contributed by atoms with Crippen molar-refractivity contribution in [1.82, 2.24) is 9.97 Å². The molecule has 5 nitrogen and oxygen atoms in total. The summed E-state index contributed by atoms with van der Waals surface area (Å²) in [6, 6.07) is 5.96. The van der Waals surface area contributed by atoms with Crippen molar-refractivity contribution in [2.24, 2.45) is 0 Å². The first-order valence-electron chi connectivity index (χ1n) is 7.98. The summed E-state index contributed by atoms with van der Waals surface area (Å²) in [5.41, 5.74) is 2.87. The summed E-state index contributed by atoms with van der Waals surface area (Å²) in [5.74, 6) is 6.05. The number of benzene rings is 1. The standard InChI is InChI=1S/C19H18N2O3S2/c1-25-19(26-2)7-8-24-17-6-4-13(9-16(17)19)3-5-14-11-20-12-15(21-14)10-18(22)23/h4,6,9,11-12H,7-8,10H2,1-2H3,(H,22,23). The Kier molecular flexibility index (Phi) is 5.74. The molecule has 1 aromatic carbocycles. The minimum absolute atomic E-state index is 0.0213. The van der Waals surface area contributed by atoms with E-state index in [1.807, 2.05) is 35.7 Å². The fraction of sp³-hybridized carbons (Fsp3) is 0.316. The lowest BCUT2D eigenvalue weighted by atomic mass is 10.0. The number of carboxylic acid groups (broad SMARTS) is 1. The van der Waals surface area contributed by atoms with Crippen LogP contribution in [-0.4, -0.2) is 40.2 Å². The van der Waals surface area contributed by atoms with Crippen LogP contribution in [0.4, 0.5) is 0 Å². The predicted octanol–water partition coefficient (Wildman–Crippen LogP) is 3.16. The quantitative estimate of drug-likeness (QED) is 0.639. The van der Waals surface area contributed by atoms with E-state index in [4.69, 9.17) is 9.84 Å². The molecule has 0 bridgehead atoms. The Morgan fingerprint density at radius 3 is 2.85 bits per heavy atom. The summed E-state index contributed by atoms with van der Waals surface area (Å²) in [5, 5.41) is 8.85. The number of fused-ring (bicyclic) bond motifs is 1. The first-order chi connectivity index (χ1) is 12.6. The molecule has 0 saturated heterocycles. The molecule has 0 amide bonds. The highest BCUT2D eigenvalue weighted by molar-refractivity contribution is 8.16. The molecule has 2 aromatic rings. The normalized spacial score (nSPS) is 14.5. The molecule has 1 N–H and O–H groups in total. The highest BCUT2D eigenvalue weighted by atomic mass is 32.2. The lowest BCUT2D eigenvalue weighted by Gasteiger charge is -2.36. The second-order valence-corrected chi connectivity index (χ2v) is 8.16. The van der Waals surface area contributed by atoms with Crippen molar-refractivity contribution in [3.63, 3.8) is 0 Å². The highest BCUT2D eigenvalue weighted by Gasteiger charge is 2.36. The molecule has 0 unspecified atom stereocenters. The van der Waals surface area contributed by atoms with E-state index in [1.54, 1.807) is 0 Å². The molecule has 0 atom stereocenters. The maximum Gasteiger partial charge on any atom is 0.309 e. The van der Waals surface area contributed by atoms with Gasteiger partial charge in [-0.15, -0.1) is 23.5 Å². The van der Waals surface area contributed by atoms with Gasteiger partial charge in [-0.05, 0) is 36.6 Å². The summed E-state index contributed by atoms with van der Waals surface area (Å²) in [6.45, 7) is 0.714. The van der Waals surface area contributed by atoms with Crippen LogP contribution in [0, 0.1) is 11.8 Å². The molecule has 26 heavy (non-hydrogen) atoms. The van der Waals surface area contributed by atoms with Crippen LogP contribution < -0.4 is 4.74 Å². The minimum Gasteiger partial charge on any atom is -0.493 e. The number of carbonyl (C=O) groups is 1. The number of rotatable bonds is 4. The second-order valence-electron chi connectivity index (χ2n) is 5.69. The Bertz CT molecular complexity index is 886. The van der Waals surface area contributed by atoms with Gasteiger partial charge in [-0.25, -0.2) is 4.98 Å². The number of aliphatic carboxylic acids is 1. The number of aromatic nitrogens is 2. The zero-order valence-electron chi connectivity index (χ0n) is 14.5. The summed E-state index contributed by atoms with van der Waals surface area (Å²) < 4.78 is 5.78. The summed E-state index contributed by atoms with van der Waals surface area (Å²) >= 11 is 3.65. The molecule has 1 aliphatic heterocycles. The summed E-state index contributed by atoms with van der Waals surface area (Å²) in [7, 11) is 0. The SMILES string of the molecule is CSC1(SC)CCOc2ccc(C#Cc3cncc(CC(=O)O)n3)cc21. The molecule has 1 aliphatic rings. The van der Waals surface area contributed by atoms with Gasteiger partial charge in [0.1, 0.15) is 11.4 Å². The van der Waals surface area contributed by atoms with E-state index < -0.39 is 5.97 Å². The molecule has 1 aromatic heterocycles. The van der Waals surface area contributed by atoms with Crippen molar-refractivity contribution in [1.29, 1.82) is 0 Å². The molecule has 0 radical (unpaired) electrons. The first-order valence-corrected chi connectivity index (χ1v) is 10.4. The minimum atomic E-state index is -0.940. The van der Waals surface area contributed by atoms with Crippen LogP contribution >= 0.6 is 23.5 Å². The van der Waals surface area contributed by atoms with Crippen molar-refractivity contribution in [3.8, 4) is 17.6 Å². The molecule has 7 heteroatoms. The Hall–Kier alpha value is -2.17. The van der Waals surface area contributed by atoms with Crippen molar-refractivity contribution < 1.29 is 14.6 Å². The van der Waals surface area contributed by atoms with Crippen molar-refractivity contribution in [2.45, 2.75) is 16.9 Å². The zero-order chi connectivity index (χ0) is 18.6. The summed E-state index contributed by atoms with van der Waals surface area (Å²) in [6.07, 6.45) is 8.00. The van der Waals surface area contributed by atoms with Gasteiger partial charge in [-0.1, -0.05) is 5.92 Å². The Labute approximate surface area is 161 Å². The van der Waals surface area contributed by atoms with Gasteiger partial charge >= 0.3 is 5.97 Å². The van der Waals surface area contributed by atoms with Crippen molar-refractivity contribution in [3.05, 3.63) is 53.1 Å². The van der Waals surface area contributed by atoms with E-state index in [1.165, 1.54) is 12.4 Å². The molecule has 0 aliphatic carbocycles. The van der Waals surface area contributed by atoms with Crippen LogP contribution in [0.15, 0.2) is 30.6 Å². The third kappa shape index (κ3) is 3.97. The van der Waals surface area contributed by atoms with Crippen LogP contribution in [0.25, 0.3) is 0 Å². The second kappa shape index (κ2) is 8.02. The maximum absolute atomic E-state index is 10.8. The van der Waals surface area contributed by atoms with Crippen LogP contribution in [0.1, 0.15) is 28.9 Å². The Morgan fingerprint density at radius 1 is 1.31 bits per heavy atom. The fourth-order valence-corrected chi connectivity index (χ4v) is 4.81. The number of ether oxygens (including phenoxy) is 1. The molecule has 0 spiro atoms. The van der Waals surface area contributed by atoms with E-state index in [2.05, 4.69) is 40.4 Å². The highest BCUT2D eigenvalue weighted by Crippen LogP contribution is 2.52. The van der Waals surface area contributed by atoms with E-state index in [0.717, 1.165) is 23.3 Å². The summed E-state index contributed by atoms with van der Waals surface area (Å²) in [4.78, 5) is 19.0. The Morgan fingerprint density at radius 2 is 2.12 bits per heavy atom. The molecular formula is C19H18N2O3S2. The van der Waals surface area contributed by atoms with E-state index in [9.17, 15) is 4.79 Å². The third-order valence-electron chi connectivity index (χ3n) is 4.09. The van der Waals surface area contributed by atoms with Crippen LogP contribution in [-0.2, 0) is 15.3 Å². The molecule has 2 heterocycles. The molecule has 0 saturated carbocycles. The zero-order valence-corrected chi connectivity index (χ0v) is 16.1. The topological polar surface area (TPSA) is 72.3 Å². The lowest BCUT2D eigenvalue weighted by Crippen LogP contribution is -2.26. The van der Waals surface area contributed by atoms with Gasteiger partial charge in [0, 0.05) is 23.7 Å². The lowest BCUT2D eigenvalue weighted by molar-refractivity contribution is -0.136. The molecule has 134 valence electrons. The molecule has 0 fully saturated rings. The van der Waals surface area contributed by atoms with E-state index >= 15 is 0 Å². The van der Waals surface area contributed by atoms with Crippen LogP contribution in [0.5, 0.6) is 5.75 Å². The Balaban J connectivity index is 1.91. The van der Waals surface area contributed by atoms with Gasteiger partial charge < -0.3 is 9.84 Å². The van der Waals surface area contributed by atoms with Gasteiger partial charge in [-0.3, -0.25) is 9.78 Å². The van der Waals surface area contributed by atoms with Crippen LogP contribution in [0.2, 0.25) is 0 Å². The number of carboxylic acids is 1. The van der Waals surface area contributed by atoms with Crippen LogP contribution in [0.3, 0.4) is 0 Å². The first kappa shape index (κ1) is 18.6. The average molecular weight is 386 g/mol. The van der Waals surface area contributed by atoms with Gasteiger partial charge in [0.2, 0.25) is 0 Å². The number of hydrogen-bond acceptors (Lipinski definition) is 6. The van der Waals surface area contributed by atoms with Crippen molar-refractivity contribution in [2.75, 3.05) is 19.1 Å². The van der Waals surface area contributed by atoms with Gasteiger partial charge in [0.05, 0.1) is 29.0 Å². The predicted molar refractivity (Wildman–Crippen MR) is 105 cm³/mol. The maximum atomic E-state index is 10.8. The monoisotopic (exact) mass is 386 g/mol. The molecular weight excluding hydrogens is 368 g/mol. The fourth-order valence-electron chi connectivity index (χ4n) is 2.81. The van der Waals surface area contributed by atoms with Gasteiger partial charge in [0.15, 0.2) is 0 Å². The smallest absolute Gasteiger partial charge is 0.309 e.